The molecule has 11 heteroatoms. The SMILES string of the molecule is CC(=O)OC1C(OC2CCC34CC35CCC3(C)C(C6(C)CCC(C(C)(C)O)O6)C(O)CC3(C)C5CC(O)C4C2(C)C)OC(CO)C(O)C1O. The number of fused-ring (bicyclic) bond motifs is 2. The summed E-state index contributed by atoms with van der Waals surface area (Å²) in [6.45, 7) is 15.5. The molecular formula is C38H62O11. The summed E-state index contributed by atoms with van der Waals surface area (Å²) in [5.41, 5.74) is -2.42. The predicted octanol–water partition coefficient (Wildman–Crippen LogP) is 2.83. The van der Waals surface area contributed by atoms with Gasteiger partial charge in [-0.25, -0.2) is 0 Å². The quantitative estimate of drug-likeness (QED) is 0.178. The predicted molar refractivity (Wildman–Crippen MR) is 177 cm³/mol. The molecule has 0 radical (unpaired) electrons. The number of rotatable bonds is 6. The Morgan fingerprint density at radius 2 is 1.57 bits per heavy atom. The molecule has 5 aliphatic carbocycles. The highest BCUT2D eigenvalue weighted by Crippen LogP contribution is 2.89. The largest absolute Gasteiger partial charge is 0.454 e. The van der Waals surface area contributed by atoms with Gasteiger partial charge in [0, 0.05) is 12.8 Å². The van der Waals surface area contributed by atoms with E-state index in [4.69, 9.17) is 18.9 Å². The first-order valence-electron chi connectivity index (χ1n) is 18.8. The number of aliphatic hydroxyl groups is 6. The number of ether oxygens (including phenoxy) is 4. The molecule has 7 rings (SSSR count). The molecule has 2 spiro atoms. The molecule has 7 fully saturated rings. The van der Waals surface area contributed by atoms with Gasteiger partial charge in [-0.1, -0.05) is 27.7 Å². The van der Waals surface area contributed by atoms with E-state index >= 15 is 0 Å². The van der Waals surface area contributed by atoms with Crippen molar-refractivity contribution in [3.63, 3.8) is 0 Å². The molecule has 0 aromatic rings. The first-order chi connectivity index (χ1) is 22.6. The molecule has 5 saturated carbocycles. The maximum atomic E-state index is 12.3. The Balaban J connectivity index is 1.15. The molecule has 0 aromatic heterocycles. The third-order valence-electron chi connectivity index (χ3n) is 16.2. The van der Waals surface area contributed by atoms with Crippen LogP contribution in [0, 0.1) is 44.8 Å². The van der Waals surface area contributed by atoms with Gasteiger partial charge >= 0.3 is 5.97 Å². The molecule has 2 heterocycles. The summed E-state index contributed by atoms with van der Waals surface area (Å²) >= 11 is 0. The zero-order valence-electron chi connectivity index (χ0n) is 30.7. The monoisotopic (exact) mass is 694 g/mol. The van der Waals surface area contributed by atoms with Crippen molar-refractivity contribution in [2.24, 2.45) is 44.8 Å². The lowest BCUT2D eigenvalue weighted by atomic mass is 9.41. The van der Waals surface area contributed by atoms with E-state index < -0.39 is 78.2 Å². The van der Waals surface area contributed by atoms with Gasteiger partial charge in [0.15, 0.2) is 12.4 Å². The summed E-state index contributed by atoms with van der Waals surface area (Å²) in [5, 5.41) is 66.2. The molecule has 49 heavy (non-hydrogen) atoms. The summed E-state index contributed by atoms with van der Waals surface area (Å²) < 4.78 is 24.6. The maximum absolute atomic E-state index is 12.3. The molecule has 6 N–H and O–H groups in total. The maximum Gasteiger partial charge on any atom is 0.303 e. The molecular weight excluding hydrogens is 632 g/mol. The lowest BCUT2D eigenvalue weighted by Gasteiger charge is -2.64. The van der Waals surface area contributed by atoms with Crippen LogP contribution in [0.1, 0.15) is 113 Å². The lowest BCUT2D eigenvalue weighted by molar-refractivity contribution is -0.330. The Labute approximate surface area is 291 Å². The van der Waals surface area contributed by atoms with Crippen LogP contribution >= 0.6 is 0 Å². The molecule has 7 aliphatic rings. The van der Waals surface area contributed by atoms with Gasteiger partial charge in [-0.05, 0) is 117 Å². The van der Waals surface area contributed by atoms with Crippen molar-refractivity contribution in [1.29, 1.82) is 0 Å². The van der Waals surface area contributed by atoms with Crippen LogP contribution in [0.4, 0.5) is 0 Å². The van der Waals surface area contributed by atoms with Gasteiger partial charge in [-0.3, -0.25) is 4.79 Å². The van der Waals surface area contributed by atoms with E-state index in [1.165, 1.54) is 6.92 Å². The molecule has 0 amide bonds. The smallest absolute Gasteiger partial charge is 0.303 e. The van der Waals surface area contributed by atoms with Crippen molar-refractivity contribution in [1.82, 2.24) is 0 Å². The summed E-state index contributed by atoms with van der Waals surface area (Å²) in [6, 6.07) is 0. The normalized spacial score (nSPS) is 56.3. The van der Waals surface area contributed by atoms with E-state index in [9.17, 15) is 35.4 Å². The average molecular weight is 695 g/mol. The van der Waals surface area contributed by atoms with Gasteiger partial charge in [-0.2, -0.15) is 0 Å². The second kappa shape index (κ2) is 11.3. The topological polar surface area (TPSA) is 175 Å². The van der Waals surface area contributed by atoms with Crippen molar-refractivity contribution in [3.8, 4) is 0 Å². The Kier molecular flexibility index (Phi) is 8.42. The van der Waals surface area contributed by atoms with Gasteiger partial charge in [0.05, 0.1) is 42.2 Å². The third kappa shape index (κ3) is 4.88. The number of hydrogen-bond donors (Lipinski definition) is 6. The second-order valence-electron chi connectivity index (χ2n) is 19.3. The number of esters is 1. The van der Waals surface area contributed by atoms with Gasteiger partial charge < -0.3 is 49.6 Å². The van der Waals surface area contributed by atoms with Crippen LogP contribution in [0.5, 0.6) is 0 Å². The Morgan fingerprint density at radius 1 is 0.878 bits per heavy atom. The van der Waals surface area contributed by atoms with E-state index in [1.807, 2.05) is 0 Å². The van der Waals surface area contributed by atoms with E-state index in [1.54, 1.807) is 13.8 Å². The van der Waals surface area contributed by atoms with E-state index in [-0.39, 0.29) is 45.5 Å². The van der Waals surface area contributed by atoms with Gasteiger partial charge in [0.1, 0.15) is 18.3 Å². The molecule has 17 unspecified atom stereocenters. The molecule has 2 aliphatic heterocycles. The highest BCUT2D eigenvalue weighted by atomic mass is 16.7. The number of aliphatic hydroxyl groups excluding tert-OH is 5. The third-order valence-corrected chi connectivity index (χ3v) is 16.2. The summed E-state index contributed by atoms with van der Waals surface area (Å²) in [6.07, 6.45) is -0.835. The van der Waals surface area contributed by atoms with Crippen LogP contribution in [0.3, 0.4) is 0 Å². The fourth-order valence-corrected chi connectivity index (χ4v) is 14.0. The number of carbonyl (C=O) groups is 1. The molecule has 0 aromatic carbocycles. The first kappa shape index (κ1) is 36.5. The van der Waals surface area contributed by atoms with Gasteiger partial charge in [0.25, 0.3) is 0 Å². The molecule has 280 valence electrons. The van der Waals surface area contributed by atoms with Crippen molar-refractivity contribution >= 4 is 5.97 Å². The summed E-state index contributed by atoms with van der Waals surface area (Å²) in [5.74, 6) is -0.538. The van der Waals surface area contributed by atoms with Gasteiger partial charge in [-0.15, -0.1) is 0 Å². The van der Waals surface area contributed by atoms with Crippen molar-refractivity contribution in [2.45, 2.75) is 180 Å². The molecule has 17 atom stereocenters. The van der Waals surface area contributed by atoms with Crippen LogP contribution < -0.4 is 0 Å². The minimum Gasteiger partial charge on any atom is -0.454 e. The standard InChI is InChI=1S/C38H62O11/c1-19(40)46-28-27(44)26(43)22(17-39)47-31(28)48-24-10-12-38-18-37(38)14-13-34(6)30(36(8)11-9-25(49-36)33(4,5)45)21(42)16-35(34,7)23(37)15-20(41)29(38)32(24,2)3/h20-31,39,41-45H,9-18H2,1-8H3. The van der Waals surface area contributed by atoms with Crippen LogP contribution in [0.2, 0.25) is 0 Å². The first-order valence-corrected chi connectivity index (χ1v) is 18.8. The van der Waals surface area contributed by atoms with Crippen LogP contribution in [-0.2, 0) is 23.7 Å². The van der Waals surface area contributed by atoms with Crippen LogP contribution in [0.15, 0.2) is 0 Å². The fourth-order valence-electron chi connectivity index (χ4n) is 14.0. The van der Waals surface area contributed by atoms with Crippen molar-refractivity contribution < 1.29 is 54.4 Å². The Hall–Kier alpha value is -0.890. The van der Waals surface area contributed by atoms with Gasteiger partial charge in [0.2, 0.25) is 0 Å². The highest BCUT2D eigenvalue weighted by molar-refractivity contribution is 5.66. The lowest BCUT2D eigenvalue weighted by Crippen LogP contribution is -2.64. The highest BCUT2D eigenvalue weighted by Gasteiger charge is 2.85. The Morgan fingerprint density at radius 3 is 2.18 bits per heavy atom. The van der Waals surface area contributed by atoms with Crippen LogP contribution in [-0.4, -0.2) is 110 Å². The molecule has 11 nitrogen and oxygen atoms in total. The number of hydrogen-bond acceptors (Lipinski definition) is 11. The fraction of sp³-hybridized carbons (Fsp3) is 0.974. The minimum absolute atomic E-state index is 0.0545. The minimum atomic E-state index is -1.49. The zero-order valence-corrected chi connectivity index (χ0v) is 30.7. The Bertz CT molecular complexity index is 1320. The number of carbonyl (C=O) groups excluding carboxylic acids is 1. The van der Waals surface area contributed by atoms with E-state index in [2.05, 4.69) is 34.6 Å². The molecule has 0 bridgehead atoms. The summed E-state index contributed by atoms with van der Waals surface area (Å²) in [4.78, 5) is 12.0. The molecule has 2 saturated heterocycles. The van der Waals surface area contributed by atoms with Crippen LogP contribution in [0.25, 0.3) is 0 Å². The van der Waals surface area contributed by atoms with E-state index in [0.717, 1.165) is 38.5 Å². The summed E-state index contributed by atoms with van der Waals surface area (Å²) in [7, 11) is 0. The van der Waals surface area contributed by atoms with Crippen molar-refractivity contribution in [3.05, 3.63) is 0 Å². The average Bonchev–Trinajstić information content (AvgIpc) is 3.34. The zero-order chi connectivity index (χ0) is 35.9. The van der Waals surface area contributed by atoms with Crippen molar-refractivity contribution in [2.75, 3.05) is 6.61 Å². The second-order valence-corrected chi connectivity index (χ2v) is 19.3. The van der Waals surface area contributed by atoms with E-state index in [0.29, 0.717) is 19.3 Å².